The van der Waals surface area contributed by atoms with E-state index in [9.17, 15) is 0 Å². The predicted molar refractivity (Wildman–Crippen MR) is 109 cm³/mol. The highest BCUT2D eigenvalue weighted by atomic mass is 32.1. The number of anilines is 1. The van der Waals surface area contributed by atoms with E-state index in [1.807, 2.05) is 55.5 Å². The highest BCUT2D eigenvalue weighted by Crippen LogP contribution is 2.18. The van der Waals surface area contributed by atoms with Crippen LogP contribution in [0.4, 0.5) is 5.69 Å². The summed E-state index contributed by atoms with van der Waals surface area (Å²) in [6.45, 7) is 6.59. The van der Waals surface area contributed by atoms with E-state index >= 15 is 0 Å². The van der Waals surface area contributed by atoms with Crippen LogP contribution in [0.2, 0.25) is 0 Å². The molecule has 2 rings (SSSR count). The summed E-state index contributed by atoms with van der Waals surface area (Å²) in [5.74, 6) is 2.34. The molecular weight excluding hydrogens is 348 g/mol. The molecule has 2 aromatic carbocycles. The van der Waals surface area contributed by atoms with Gasteiger partial charge < -0.3 is 24.8 Å². The van der Waals surface area contributed by atoms with Crippen LogP contribution >= 0.6 is 12.2 Å². The maximum atomic E-state index is 5.75. The van der Waals surface area contributed by atoms with Gasteiger partial charge in [0.25, 0.3) is 0 Å². The fraction of sp³-hybridized carbons (Fsp3) is 0.250. The standard InChI is InChI=1S/C20H24N2O3S/c1-4-12-24-19-7-5-6-16(13-19)22-20(26)21-15(2)14-25-18-10-8-17(23-3)9-11-18/h4-11,13,15H,1,12,14H2,2-3H3,(H2,21,22,26). The van der Waals surface area contributed by atoms with Crippen LogP contribution in [0.5, 0.6) is 17.2 Å². The number of nitrogens with one attached hydrogen (secondary N) is 2. The predicted octanol–water partition coefficient (Wildman–Crippen LogP) is 4.01. The lowest BCUT2D eigenvalue weighted by Gasteiger charge is -2.18. The van der Waals surface area contributed by atoms with Crippen LogP contribution in [0.15, 0.2) is 61.2 Å². The van der Waals surface area contributed by atoms with Crippen LogP contribution in [0, 0.1) is 0 Å². The van der Waals surface area contributed by atoms with Gasteiger partial charge in [0.1, 0.15) is 30.5 Å². The van der Waals surface area contributed by atoms with E-state index in [2.05, 4.69) is 17.2 Å². The first-order chi connectivity index (χ1) is 12.6. The highest BCUT2D eigenvalue weighted by molar-refractivity contribution is 7.80. The summed E-state index contributed by atoms with van der Waals surface area (Å²) >= 11 is 5.36. The van der Waals surface area contributed by atoms with Gasteiger partial charge in [-0.05, 0) is 55.5 Å². The number of thiocarbonyl (C=S) groups is 1. The van der Waals surface area contributed by atoms with Gasteiger partial charge in [0.05, 0.1) is 13.2 Å². The molecule has 0 radical (unpaired) electrons. The van der Waals surface area contributed by atoms with E-state index in [-0.39, 0.29) is 6.04 Å². The second-order valence-electron chi connectivity index (χ2n) is 5.61. The van der Waals surface area contributed by atoms with E-state index in [4.69, 9.17) is 26.4 Å². The number of hydrogen-bond acceptors (Lipinski definition) is 4. The quantitative estimate of drug-likeness (QED) is 0.512. The molecule has 1 unspecified atom stereocenters. The molecule has 0 bridgehead atoms. The molecule has 0 spiro atoms. The Morgan fingerprint density at radius 3 is 2.54 bits per heavy atom. The summed E-state index contributed by atoms with van der Waals surface area (Å²) in [6, 6.07) is 15.1. The number of methoxy groups -OCH3 is 1. The van der Waals surface area contributed by atoms with Crippen LogP contribution < -0.4 is 24.8 Å². The molecule has 138 valence electrons. The minimum absolute atomic E-state index is 0.0392. The molecule has 0 amide bonds. The van der Waals surface area contributed by atoms with Crippen molar-refractivity contribution in [2.24, 2.45) is 0 Å². The Hall–Kier alpha value is -2.73. The minimum atomic E-state index is 0.0392. The molecule has 5 nitrogen and oxygen atoms in total. The van der Waals surface area contributed by atoms with Crippen molar-refractivity contribution in [3.63, 3.8) is 0 Å². The lowest BCUT2D eigenvalue weighted by Crippen LogP contribution is -2.39. The Kier molecular flexibility index (Phi) is 7.76. The number of hydrogen-bond donors (Lipinski definition) is 2. The summed E-state index contributed by atoms with van der Waals surface area (Å²) in [6.07, 6.45) is 1.71. The van der Waals surface area contributed by atoms with E-state index in [1.165, 1.54) is 0 Å². The van der Waals surface area contributed by atoms with Gasteiger partial charge in [0, 0.05) is 11.8 Å². The highest BCUT2D eigenvalue weighted by Gasteiger charge is 2.06. The SMILES string of the molecule is C=CCOc1cccc(NC(=S)NC(C)COc2ccc(OC)cc2)c1. The monoisotopic (exact) mass is 372 g/mol. The zero-order chi connectivity index (χ0) is 18.8. The maximum Gasteiger partial charge on any atom is 0.171 e. The average Bonchev–Trinajstić information content (AvgIpc) is 2.65. The van der Waals surface area contributed by atoms with Crippen LogP contribution in [-0.2, 0) is 0 Å². The van der Waals surface area contributed by atoms with Crippen LogP contribution in [0.25, 0.3) is 0 Å². The topological polar surface area (TPSA) is 51.8 Å². The Morgan fingerprint density at radius 1 is 1.12 bits per heavy atom. The summed E-state index contributed by atoms with van der Waals surface area (Å²) < 4.78 is 16.4. The first-order valence-corrected chi connectivity index (χ1v) is 8.69. The summed E-state index contributed by atoms with van der Waals surface area (Å²) in [4.78, 5) is 0. The molecule has 2 aromatic rings. The van der Waals surface area contributed by atoms with Gasteiger partial charge in [0.2, 0.25) is 0 Å². The molecule has 0 saturated heterocycles. The van der Waals surface area contributed by atoms with Gasteiger partial charge in [-0.15, -0.1) is 0 Å². The summed E-state index contributed by atoms with van der Waals surface area (Å²) in [5, 5.41) is 6.87. The number of benzene rings is 2. The van der Waals surface area contributed by atoms with Gasteiger partial charge in [-0.2, -0.15) is 0 Å². The molecule has 0 aliphatic carbocycles. The van der Waals surface area contributed by atoms with Crippen molar-refractivity contribution >= 4 is 23.0 Å². The largest absolute Gasteiger partial charge is 0.497 e. The Bertz CT molecular complexity index is 719. The maximum absolute atomic E-state index is 5.75. The van der Waals surface area contributed by atoms with Crippen LogP contribution in [0.3, 0.4) is 0 Å². The van der Waals surface area contributed by atoms with E-state index in [0.717, 1.165) is 22.9 Å². The minimum Gasteiger partial charge on any atom is -0.497 e. The molecule has 0 aliphatic rings. The first kappa shape index (κ1) is 19.6. The summed E-state index contributed by atoms with van der Waals surface area (Å²) in [7, 11) is 1.64. The van der Waals surface area contributed by atoms with Crippen molar-refractivity contribution < 1.29 is 14.2 Å². The fourth-order valence-electron chi connectivity index (χ4n) is 2.14. The van der Waals surface area contributed by atoms with Crippen LogP contribution in [0.1, 0.15) is 6.92 Å². The second kappa shape index (κ2) is 10.3. The van der Waals surface area contributed by atoms with Crippen molar-refractivity contribution in [3.8, 4) is 17.2 Å². The number of rotatable bonds is 9. The molecule has 6 heteroatoms. The normalized spacial score (nSPS) is 11.2. The van der Waals surface area contributed by atoms with E-state index < -0.39 is 0 Å². The number of ether oxygens (including phenoxy) is 3. The van der Waals surface area contributed by atoms with Gasteiger partial charge in [0.15, 0.2) is 5.11 Å². The van der Waals surface area contributed by atoms with Crippen molar-refractivity contribution in [2.45, 2.75) is 13.0 Å². The third-order valence-electron chi connectivity index (χ3n) is 3.40. The lowest BCUT2D eigenvalue weighted by atomic mass is 10.3. The molecule has 0 heterocycles. The van der Waals surface area contributed by atoms with Gasteiger partial charge in [-0.1, -0.05) is 18.7 Å². The van der Waals surface area contributed by atoms with Gasteiger partial charge >= 0.3 is 0 Å². The summed E-state index contributed by atoms with van der Waals surface area (Å²) in [5.41, 5.74) is 0.854. The smallest absolute Gasteiger partial charge is 0.171 e. The van der Waals surface area contributed by atoms with E-state index in [1.54, 1.807) is 13.2 Å². The Labute approximate surface area is 160 Å². The Morgan fingerprint density at radius 2 is 1.85 bits per heavy atom. The van der Waals surface area contributed by atoms with Crippen LogP contribution in [-0.4, -0.2) is 31.5 Å². The average molecular weight is 372 g/mol. The van der Waals surface area contributed by atoms with E-state index in [0.29, 0.717) is 18.3 Å². The first-order valence-electron chi connectivity index (χ1n) is 8.29. The molecular formula is C20H24N2O3S. The van der Waals surface area contributed by atoms with Gasteiger partial charge in [-0.25, -0.2) is 0 Å². The van der Waals surface area contributed by atoms with Crippen molar-refractivity contribution in [3.05, 3.63) is 61.2 Å². The van der Waals surface area contributed by atoms with Crippen molar-refractivity contribution in [2.75, 3.05) is 25.6 Å². The molecule has 26 heavy (non-hydrogen) atoms. The second-order valence-corrected chi connectivity index (χ2v) is 6.02. The van der Waals surface area contributed by atoms with Gasteiger partial charge in [-0.3, -0.25) is 0 Å². The molecule has 0 saturated carbocycles. The molecule has 1 atom stereocenters. The van der Waals surface area contributed by atoms with Crippen molar-refractivity contribution in [1.82, 2.24) is 5.32 Å². The fourth-order valence-corrected chi connectivity index (χ4v) is 2.46. The van der Waals surface area contributed by atoms with Crippen molar-refractivity contribution in [1.29, 1.82) is 0 Å². The zero-order valence-electron chi connectivity index (χ0n) is 15.0. The third kappa shape index (κ3) is 6.64. The molecule has 2 N–H and O–H groups in total. The molecule has 0 fully saturated rings. The lowest BCUT2D eigenvalue weighted by molar-refractivity contribution is 0.286. The molecule has 0 aromatic heterocycles. The Balaban J connectivity index is 1.78. The zero-order valence-corrected chi connectivity index (χ0v) is 15.8. The molecule has 0 aliphatic heterocycles. The third-order valence-corrected chi connectivity index (χ3v) is 3.62.